The molecule has 117 heavy (non-hydrogen) atoms. The Labute approximate surface area is 709 Å². The van der Waals surface area contributed by atoms with Crippen molar-refractivity contribution in [1.29, 1.82) is 0 Å². The molecule has 2 aromatic carbocycles. The number of ketones is 1. The predicted octanol–water partition coefficient (Wildman–Crippen LogP) is 13.4. The van der Waals surface area contributed by atoms with Crippen molar-refractivity contribution in [2.45, 2.75) is 123 Å². The summed E-state index contributed by atoms with van der Waals surface area (Å²) in [6, 6.07) is 30.4. The average Bonchev–Trinajstić information content (AvgIpc) is 1.74. The molecule has 10 heterocycles. The van der Waals surface area contributed by atoms with Crippen LogP contribution in [0.4, 0.5) is 19.2 Å². The molecule has 5 aliphatic heterocycles. The molecule has 5 fully saturated rings. The van der Waals surface area contributed by atoms with Crippen molar-refractivity contribution in [2.75, 3.05) is 79.6 Å². The van der Waals surface area contributed by atoms with Gasteiger partial charge in [0.2, 0.25) is 0 Å². The number of benzene rings is 2. The SMILES string of the molecule is Brc1ccccn1.CC(C)(C)OC(=O)N1CC(C(=O)O)C1.CC(C)(C)OC(=O)N1CC(C(=O)c2ccccn2)C1.CC(C)(C)OC(=O)N1CC(C(NC(=O)c2ccc(Cl)cc2Cl)c2ccccn2)C1.CON(C)C(=O)C1CN(C(=O)OC(C)(C)C)C1.Cn1cnc(S(=O)(=O)N2CC(C(NC(=O)c3ccc(Cl)cc3Cl)c3ccccn3)C2)c1. The molecular weight excluding hydrogens is 1680 g/mol. The third-order valence-corrected chi connectivity index (χ3v) is 20.7. The van der Waals surface area contributed by atoms with Crippen molar-refractivity contribution < 1.29 is 80.5 Å². The van der Waals surface area contributed by atoms with Gasteiger partial charge in [-0.25, -0.2) is 42.6 Å². The number of ether oxygens (including phenoxy) is 4. The molecule has 0 radical (unpaired) electrons. The Bertz CT molecular complexity index is 4670. The first-order chi connectivity index (χ1) is 54.7. The van der Waals surface area contributed by atoms with Gasteiger partial charge in [-0.05, 0) is 184 Å². The molecule has 7 amide bonds. The van der Waals surface area contributed by atoms with Crippen molar-refractivity contribution >= 4 is 126 Å². The largest absolute Gasteiger partial charge is 0.481 e. The molecule has 0 saturated carbocycles. The van der Waals surface area contributed by atoms with E-state index in [-0.39, 0.29) is 118 Å². The highest BCUT2D eigenvalue weighted by Crippen LogP contribution is 2.36. The third-order valence-electron chi connectivity index (χ3n) is 17.4. The Hall–Kier alpha value is -9.61. The van der Waals surface area contributed by atoms with Crippen molar-refractivity contribution in [3.63, 3.8) is 0 Å². The van der Waals surface area contributed by atoms with Crippen LogP contribution < -0.4 is 10.6 Å². The van der Waals surface area contributed by atoms with Crippen LogP contribution >= 0.6 is 62.3 Å². The molecule has 5 aromatic heterocycles. The molecule has 0 aliphatic carbocycles. The van der Waals surface area contributed by atoms with E-state index in [4.69, 9.17) is 75.3 Å². The minimum atomic E-state index is -3.69. The van der Waals surface area contributed by atoms with Crippen molar-refractivity contribution in [2.24, 2.45) is 36.6 Å². The fraction of sp³-hybridized carbons (Fsp3) is 0.450. The van der Waals surface area contributed by atoms with Gasteiger partial charge in [-0.1, -0.05) is 70.7 Å². The first-order valence-electron chi connectivity index (χ1n) is 37.0. The second kappa shape index (κ2) is 41.7. The molecule has 5 saturated heterocycles. The molecule has 37 heteroatoms. The predicted molar refractivity (Wildman–Crippen MR) is 440 cm³/mol. The number of hydroxylamine groups is 2. The number of likely N-dealkylation sites (tertiary alicyclic amines) is 4. The number of carboxylic acids is 1. The highest BCUT2D eigenvalue weighted by molar-refractivity contribution is 9.10. The third kappa shape index (κ3) is 29.2. The summed E-state index contributed by atoms with van der Waals surface area (Å²) in [6.45, 7) is 25.2. The van der Waals surface area contributed by atoms with Gasteiger partial charge >= 0.3 is 30.3 Å². The smallest absolute Gasteiger partial charge is 0.410 e. The Morgan fingerprint density at radius 1 is 0.504 bits per heavy atom. The maximum atomic E-state index is 12.9. The lowest BCUT2D eigenvalue weighted by Gasteiger charge is -2.43. The van der Waals surface area contributed by atoms with E-state index < -0.39 is 56.4 Å². The molecule has 12 rings (SSSR count). The Morgan fingerprint density at radius 2 is 0.880 bits per heavy atom. The minimum Gasteiger partial charge on any atom is -0.481 e. The maximum absolute atomic E-state index is 12.9. The number of carbonyl (C=O) groups is 9. The normalized spacial score (nSPS) is 15.6. The highest BCUT2D eigenvalue weighted by atomic mass is 79.9. The molecule has 5 aliphatic rings. The number of nitrogens with one attached hydrogen (secondary N) is 2. The number of hydrogen-bond acceptors (Lipinski definition) is 21. The molecule has 0 bridgehead atoms. The number of pyridine rings is 4. The monoisotopic (exact) mass is 1780 g/mol. The zero-order valence-corrected chi connectivity index (χ0v) is 73.0. The molecule has 2 unspecified atom stereocenters. The standard InChI is InChI=1S/C21H23Cl2N3O3.C20H19Cl2N5O3S.C14H18N2O3.C11H20N2O4.C9H15NO4.C5H4BrN/c1-21(2,3)29-20(28)26-11-13(12-26)18(17-6-4-5-9-24-17)25-19(27)15-8-7-14(22)10-16(15)23;1-26-11-18(24-12-26)31(29,30)27-9-13(10-27)19(17-4-2-3-7-23-17)25-20(28)15-6-5-14(21)8-16(15)22;1-14(2,3)19-13(18)16-8-10(9-16)12(17)11-6-4-5-7-15-11;1-11(2,3)17-10(15)13-6-8(7-13)9(14)12(4)16-5;1-9(2,3)14-8(13)10-4-6(5-10)7(11)12;6-5-3-1-2-4-7-5/h4-10,13,18H,11-12H2,1-3H3,(H,25,27);2-8,11-13,19H,9-10H2,1H3,(H,25,28);4-7,10H,8-9H2,1-3H3;8H,6-7H2,1-5H3;6H,4-5H2,1-3H3,(H,11,12);1-4H. The topological polar surface area (TPSA) is 367 Å². The van der Waals surface area contributed by atoms with E-state index in [1.165, 1.54) is 55.8 Å². The van der Waals surface area contributed by atoms with E-state index in [0.717, 1.165) is 10.3 Å². The van der Waals surface area contributed by atoms with Crippen LogP contribution in [-0.4, -0.2) is 228 Å². The highest BCUT2D eigenvalue weighted by Gasteiger charge is 2.46. The zero-order chi connectivity index (χ0) is 86.7. The van der Waals surface area contributed by atoms with Crippen LogP contribution in [0.15, 0.2) is 156 Å². The minimum absolute atomic E-state index is 0.000169. The summed E-state index contributed by atoms with van der Waals surface area (Å²) in [5.74, 6) is -2.63. The molecule has 632 valence electrons. The Morgan fingerprint density at radius 3 is 1.21 bits per heavy atom. The first kappa shape index (κ1) is 94.5. The summed E-state index contributed by atoms with van der Waals surface area (Å²) in [5.41, 5.74) is 0.345. The fourth-order valence-electron chi connectivity index (χ4n) is 11.2. The van der Waals surface area contributed by atoms with E-state index in [9.17, 15) is 51.6 Å². The lowest BCUT2D eigenvalue weighted by atomic mass is 9.89. The van der Waals surface area contributed by atoms with Crippen molar-refractivity contribution in [3.05, 3.63) is 199 Å². The summed E-state index contributed by atoms with van der Waals surface area (Å²) >= 11 is 27.4. The Kier molecular flexibility index (Phi) is 33.7. The van der Waals surface area contributed by atoms with Gasteiger partial charge in [-0.2, -0.15) is 4.31 Å². The molecule has 2 atom stereocenters. The van der Waals surface area contributed by atoms with Gasteiger partial charge in [0.15, 0.2) is 10.8 Å². The number of nitrogens with zero attached hydrogens (tertiary/aromatic N) is 12. The number of hydrogen-bond donors (Lipinski definition) is 3. The van der Waals surface area contributed by atoms with Gasteiger partial charge < -0.3 is 58.9 Å². The summed E-state index contributed by atoms with van der Waals surface area (Å²) in [6.07, 6.45) is 8.01. The molecule has 3 N–H and O–H groups in total. The first-order valence-corrected chi connectivity index (χ1v) is 40.7. The number of aromatic nitrogens is 6. The molecule has 7 aromatic rings. The summed E-state index contributed by atoms with van der Waals surface area (Å²) < 4.78 is 50.2. The zero-order valence-electron chi connectivity index (χ0n) is 67.6. The van der Waals surface area contributed by atoms with Crippen LogP contribution in [0.1, 0.15) is 138 Å². The average molecular weight is 1780 g/mol. The number of Topliss-reactive ketones (excluding diaryl/α,β-unsaturated/α-hetero) is 1. The van der Waals surface area contributed by atoms with Gasteiger partial charge in [0.05, 0.1) is 75.8 Å². The number of halogens is 5. The van der Waals surface area contributed by atoms with Gasteiger partial charge in [0.25, 0.3) is 27.7 Å². The van der Waals surface area contributed by atoms with Crippen LogP contribution in [0, 0.1) is 29.6 Å². The lowest BCUT2D eigenvalue weighted by molar-refractivity contribution is -0.178. The van der Waals surface area contributed by atoms with Gasteiger partial charge in [-0.15, -0.1) is 0 Å². The number of carbonyl (C=O) groups excluding carboxylic acids is 8. The van der Waals surface area contributed by atoms with Crippen molar-refractivity contribution in [1.82, 2.24) is 69.1 Å². The molecule has 0 spiro atoms. The van der Waals surface area contributed by atoms with E-state index in [0.29, 0.717) is 66.3 Å². The van der Waals surface area contributed by atoms with Gasteiger partial charge in [0.1, 0.15) is 32.7 Å². The van der Waals surface area contributed by atoms with Gasteiger partial charge in [-0.3, -0.25) is 43.8 Å². The van der Waals surface area contributed by atoms with Crippen LogP contribution in [-0.2, 0) is 50.4 Å². The van der Waals surface area contributed by atoms with Crippen LogP contribution in [0.25, 0.3) is 0 Å². The van der Waals surface area contributed by atoms with Gasteiger partial charge in [0, 0.05) is 132 Å². The number of carboxylic acid groups (broad SMARTS) is 1. The summed E-state index contributed by atoms with van der Waals surface area (Å²) in [5, 5.41) is 17.1. The number of aryl methyl sites for hydroxylation is 1. The molecular formula is C80H99BrCl4N14O17S. The fourth-order valence-corrected chi connectivity index (χ4v) is 14.0. The van der Waals surface area contributed by atoms with E-state index in [1.54, 1.807) is 124 Å². The second-order valence-corrected chi connectivity index (χ2v) is 36.0. The second-order valence-electron chi connectivity index (χ2n) is 31.6. The Balaban J connectivity index is 0.000000203. The lowest BCUT2D eigenvalue weighted by Crippen LogP contribution is -2.56. The maximum Gasteiger partial charge on any atom is 0.410 e. The van der Waals surface area contributed by atoms with E-state index in [2.05, 4.69) is 51.5 Å². The number of imidazole rings is 1. The van der Waals surface area contributed by atoms with Crippen molar-refractivity contribution in [3.8, 4) is 0 Å². The summed E-state index contributed by atoms with van der Waals surface area (Å²) in [7, 11) is 1.00. The van der Waals surface area contributed by atoms with Crippen LogP contribution in [0.5, 0.6) is 0 Å². The van der Waals surface area contributed by atoms with E-state index >= 15 is 0 Å². The number of sulfonamides is 1. The van der Waals surface area contributed by atoms with Crippen LogP contribution in [0.2, 0.25) is 20.1 Å². The molecule has 31 nitrogen and oxygen atoms in total. The number of aliphatic carboxylic acids is 1. The quantitative estimate of drug-likeness (QED) is 0.0371. The summed E-state index contributed by atoms with van der Waals surface area (Å²) in [4.78, 5) is 138. The van der Waals surface area contributed by atoms with Crippen LogP contribution in [0.3, 0.4) is 0 Å². The number of rotatable bonds is 15. The number of amides is 7. The van der Waals surface area contributed by atoms with E-state index in [1.807, 2.05) is 105 Å².